The van der Waals surface area contributed by atoms with Crippen molar-refractivity contribution in [1.82, 2.24) is 9.88 Å². The lowest BCUT2D eigenvalue weighted by Gasteiger charge is -2.33. The largest absolute Gasteiger partial charge is 0.459 e. The second-order valence-corrected chi connectivity index (χ2v) is 10.0. The summed E-state index contributed by atoms with van der Waals surface area (Å²) < 4.78 is 46.0. The fourth-order valence-electron chi connectivity index (χ4n) is 4.10. The van der Waals surface area contributed by atoms with Gasteiger partial charge in [-0.3, -0.25) is 9.19 Å². The Labute approximate surface area is 177 Å². The first kappa shape index (κ1) is 21.1. The van der Waals surface area contributed by atoms with Gasteiger partial charge in [0, 0.05) is 45.4 Å². The molecule has 4 nitrogen and oxygen atoms in total. The summed E-state index contributed by atoms with van der Waals surface area (Å²) in [6.07, 6.45) is 4.98. The molecule has 1 saturated heterocycles. The molecule has 1 aliphatic heterocycles. The quantitative estimate of drug-likeness (QED) is 0.549. The van der Waals surface area contributed by atoms with E-state index < -0.39 is 22.3 Å². The summed E-state index contributed by atoms with van der Waals surface area (Å²) in [5.74, 6) is 0.747. The van der Waals surface area contributed by atoms with Gasteiger partial charge in [-0.2, -0.15) is 0 Å². The van der Waals surface area contributed by atoms with Gasteiger partial charge < -0.3 is 9.32 Å². The van der Waals surface area contributed by atoms with Crippen LogP contribution in [0, 0.1) is 5.82 Å². The number of hydrogen-bond acceptors (Lipinski definition) is 4. The van der Waals surface area contributed by atoms with E-state index in [0.717, 1.165) is 37.1 Å². The van der Waals surface area contributed by atoms with E-state index in [2.05, 4.69) is 9.88 Å². The summed E-state index contributed by atoms with van der Waals surface area (Å²) >= 11 is 0. The zero-order valence-electron chi connectivity index (χ0n) is 17.5. The van der Waals surface area contributed by atoms with Crippen molar-refractivity contribution in [3.05, 3.63) is 48.1 Å². The normalized spacial score (nSPS) is 17.5. The molecular formula is C23H26F2N2O2S. The monoisotopic (exact) mass is 432 g/mol. The predicted molar refractivity (Wildman–Crippen MR) is 115 cm³/mol. The number of piperidine rings is 1. The molecule has 0 N–H and O–H groups in total. The Morgan fingerprint density at radius 1 is 1.23 bits per heavy atom. The van der Waals surface area contributed by atoms with Crippen molar-refractivity contribution in [3.63, 3.8) is 0 Å². The second-order valence-electron chi connectivity index (χ2n) is 8.62. The maximum Gasteiger partial charge on any atom is 0.152 e. The van der Waals surface area contributed by atoms with Gasteiger partial charge in [0.2, 0.25) is 0 Å². The number of halogens is 2. The maximum absolute atomic E-state index is 14.5. The van der Waals surface area contributed by atoms with Crippen LogP contribution in [0.5, 0.6) is 0 Å². The van der Waals surface area contributed by atoms with Crippen LogP contribution < -0.4 is 0 Å². The number of hydrogen-bond donors (Lipinski definition) is 0. The van der Waals surface area contributed by atoms with Gasteiger partial charge in [-0.05, 0) is 70.1 Å². The molecule has 4 rings (SSSR count). The summed E-state index contributed by atoms with van der Waals surface area (Å²) in [5.41, 5.74) is 0.373. The fraction of sp³-hybridized carbons (Fsp3) is 0.435. The van der Waals surface area contributed by atoms with Crippen LogP contribution in [0.1, 0.15) is 38.4 Å². The van der Waals surface area contributed by atoms with E-state index in [0.29, 0.717) is 28.3 Å². The van der Waals surface area contributed by atoms with E-state index in [9.17, 15) is 13.0 Å². The lowest BCUT2D eigenvalue weighted by Crippen LogP contribution is -2.40. The van der Waals surface area contributed by atoms with Crippen molar-refractivity contribution >= 4 is 21.8 Å². The maximum atomic E-state index is 14.5. The van der Waals surface area contributed by atoms with Crippen LogP contribution in [-0.4, -0.2) is 45.7 Å². The third-order valence-corrected chi connectivity index (χ3v) is 6.48. The van der Waals surface area contributed by atoms with Gasteiger partial charge in [-0.25, -0.2) is 8.78 Å². The molecule has 1 unspecified atom stereocenters. The van der Waals surface area contributed by atoms with Crippen LogP contribution >= 0.6 is 0 Å². The Morgan fingerprint density at radius 3 is 2.60 bits per heavy atom. The molecule has 30 heavy (non-hydrogen) atoms. The minimum Gasteiger partial charge on any atom is -0.459 e. The highest BCUT2D eigenvalue weighted by Gasteiger charge is 2.27. The number of pyridine rings is 1. The Hall–Kier alpha value is -2.12. The Balaban J connectivity index is 1.53. The van der Waals surface area contributed by atoms with E-state index in [1.54, 1.807) is 32.2 Å². The second kappa shape index (κ2) is 8.19. The van der Waals surface area contributed by atoms with E-state index in [-0.39, 0.29) is 5.92 Å². The first-order chi connectivity index (χ1) is 14.2. The van der Waals surface area contributed by atoms with Crippen molar-refractivity contribution in [1.29, 1.82) is 0 Å². The lowest BCUT2D eigenvalue weighted by molar-refractivity contribution is 0.103. The number of benzene rings is 1. The molecule has 3 heterocycles. The smallest absolute Gasteiger partial charge is 0.152 e. The van der Waals surface area contributed by atoms with Crippen molar-refractivity contribution in [3.8, 4) is 11.3 Å². The molecule has 2 aromatic heterocycles. The summed E-state index contributed by atoms with van der Waals surface area (Å²) in [5, 5.41) is 0.880. The predicted octanol–water partition coefficient (Wildman–Crippen LogP) is 5.30. The third-order valence-electron chi connectivity index (χ3n) is 5.56. The molecule has 0 saturated carbocycles. The average molecular weight is 433 g/mol. The van der Waals surface area contributed by atoms with E-state index >= 15 is 0 Å². The van der Waals surface area contributed by atoms with Crippen LogP contribution in [0.3, 0.4) is 0 Å². The van der Waals surface area contributed by atoms with E-state index in [4.69, 9.17) is 4.42 Å². The number of aromatic nitrogens is 1. The number of nitrogens with zero attached hydrogens (tertiary/aromatic N) is 2. The van der Waals surface area contributed by atoms with Gasteiger partial charge in [0.05, 0.1) is 11.9 Å². The van der Waals surface area contributed by atoms with Crippen LogP contribution in [0.25, 0.3) is 22.2 Å². The first-order valence-electron chi connectivity index (χ1n) is 10.1. The van der Waals surface area contributed by atoms with E-state index in [1.807, 2.05) is 12.1 Å². The zero-order valence-corrected chi connectivity index (χ0v) is 18.3. The Kier molecular flexibility index (Phi) is 5.77. The van der Waals surface area contributed by atoms with Gasteiger partial charge >= 0.3 is 0 Å². The third kappa shape index (κ3) is 4.62. The highest BCUT2D eigenvalue weighted by molar-refractivity contribution is 7.84. The number of alkyl halides is 1. The van der Waals surface area contributed by atoms with Crippen LogP contribution in [0.4, 0.5) is 8.78 Å². The molecule has 0 spiro atoms. The SMILES string of the molecule is CS(=O)c1ccc(-c2cc3cc(C4CCN(CC(C)(C)F)CC4)oc3cn2)c(F)c1. The average Bonchev–Trinajstić information content (AvgIpc) is 3.10. The Morgan fingerprint density at radius 2 is 1.97 bits per heavy atom. The van der Waals surface area contributed by atoms with Gasteiger partial charge in [-0.1, -0.05) is 0 Å². The Bertz CT molecular complexity index is 1080. The number of furan rings is 1. The number of fused-ring (bicyclic) bond motifs is 1. The summed E-state index contributed by atoms with van der Waals surface area (Å²) in [7, 11) is -1.23. The van der Waals surface area contributed by atoms with Crippen LogP contribution in [-0.2, 0) is 10.8 Å². The topological polar surface area (TPSA) is 46.3 Å². The molecule has 0 aliphatic carbocycles. The highest BCUT2D eigenvalue weighted by Crippen LogP contribution is 2.34. The first-order valence-corrected chi connectivity index (χ1v) is 11.7. The van der Waals surface area contributed by atoms with Crippen molar-refractivity contribution < 1.29 is 17.4 Å². The lowest BCUT2D eigenvalue weighted by atomic mass is 9.93. The van der Waals surface area contributed by atoms with Gasteiger partial charge in [0.15, 0.2) is 5.58 Å². The summed E-state index contributed by atoms with van der Waals surface area (Å²) in [6, 6.07) is 8.40. The molecule has 0 amide bonds. The molecule has 3 aromatic rings. The van der Waals surface area contributed by atoms with Crippen LogP contribution in [0.2, 0.25) is 0 Å². The van der Waals surface area contributed by atoms with E-state index in [1.165, 1.54) is 12.3 Å². The molecule has 1 atom stereocenters. The van der Waals surface area contributed by atoms with Gasteiger partial charge in [0.1, 0.15) is 17.2 Å². The molecular weight excluding hydrogens is 406 g/mol. The van der Waals surface area contributed by atoms with Crippen molar-refractivity contribution in [2.24, 2.45) is 0 Å². The standard InChI is InChI=1S/C23H26F2N2O2S/c1-23(2,25)14-27-8-6-15(7-9-27)21-11-16-10-20(26-13-22(16)29-21)18-5-4-17(30(3)28)12-19(18)24/h4-5,10-13,15H,6-9,14H2,1-3H3. The van der Waals surface area contributed by atoms with Gasteiger partial charge in [-0.15, -0.1) is 0 Å². The van der Waals surface area contributed by atoms with Gasteiger partial charge in [0.25, 0.3) is 0 Å². The molecule has 0 bridgehead atoms. The molecule has 160 valence electrons. The number of likely N-dealkylation sites (tertiary alicyclic amines) is 1. The van der Waals surface area contributed by atoms with Crippen molar-refractivity contribution in [2.45, 2.75) is 43.2 Å². The zero-order chi connectivity index (χ0) is 21.5. The minimum absolute atomic E-state index is 0.287. The summed E-state index contributed by atoms with van der Waals surface area (Å²) in [4.78, 5) is 6.97. The van der Waals surface area contributed by atoms with Crippen LogP contribution in [0.15, 0.2) is 45.8 Å². The molecule has 1 aliphatic rings. The fourth-order valence-corrected chi connectivity index (χ4v) is 4.63. The highest BCUT2D eigenvalue weighted by atomic mass is 32.2. The summed E-state index contributed by atoms with van der Waals surface area (Å²) in [6.45, 7) is 5.36. The number of rotatable bonds is 5. The minimum atomic E-state index is -1.23. The van der Waals surface area contributed by atoms with Crippen molar-refractivity contribution in [2.75, 3.05) is 25.9 Å². The molecule has 1 aromatic carbocycles. The molecule has 1 fully saturated rings. The molecule has 0 radical (unpaired) electrons. The molecule has 7 heteroatoms.